The summed E-state index contributed by atoms with van der Waals surface area (Å²) in [5.41, 5.74) is 3.22. The maximum absolute atomic E-state index is 12.3. The van der Waals surface area contributed by atoms with Crippen molar-refractivity contribution in [2.45, 2.75) is 33.1 Å². The highest BCUT2D eigenvalue weighted by Gasteiger charge is 2.07. The van der Waals surface area contributed by atoms with Crippen LogP contribution in [-0.2, 0) is 20.8 Å². The number of hydrogen-bond donors (Lipinski definition) is 3. The van der Waals surface area contributed by atoms with Gasteiger partial charge in [-0.3, -0.25) is 14.4 Å². The van der Waals surface area contributed by atoms with Gasteiger partial charge in [0.1, 0.15) is 0 Å². The first-order valence-electron chi connectivity index (χ1n) is 10.5. The standard InChI is InChI=1S/C24H32N4O3/c1-17(2)14-22(29)26-19-9-11-20(12-10-19)27-23(30)16-25-21-7-5-6-18(15-21)8-13-24(31)28(3)4/h5-7,9-12,15,17,25H,8,13-14,16H2,1-4H3,(H,26,29)(H,27,30). The van der Waals surface area contributed by atoms with Crippen molar-refractivity contribution >= 4 is 34.8 Å². The molecule has 0 fully saturated rings. The lowest BCUT2D eigenvalue weighted by Crippen LogP contribution is -2.22. The van der Waals surface area contributed by atoms with Crippen LogP contribution in [0.2, 0.25) is 0 Å². The Hall–Kier alpha value is -3.35. The summed E-state index contributed by atoms with van der Waals surface area (Å²) in [4.78, 5) is 37.4. The second-order valence-electron chi connectivity index (χ2n) is 8.11. The third-order valence-corrected chi connectivity index (χ3v) is 4.55. The molecule has 2 aromatic carbocycles. The molecule has 166 valence electrons. The fourth-order valence-corrected chi connectivity index (χ4v) is 2.92. The molecule has 7 nitrogen and oxygen atoms in total. The van der Waals surface area contributed by atoms with Gasteiger partial charge in [-0.1, -0.05) is 26.0 Å². The summed E-state index contributed by atoms with van der Waals surface area (Å²) in [5.74, 6) is 0.185. The first-order valence-corrected chi connectivity index (χ1v) is 10.5. The Morgan fingerprint density at radius 2 is 1.48 bits per heavy atom. The molecule has 3 N–H and O–H groups in total. The van der Waals surface area contributed by atoms with Crippen LogP contribution < -0.4 is 16.0 Å². The molecule has 0 bridgehead atoms. The van der Waals surface area contributed by atoms with Crippen LogP contribution in [0.3, 0.4) is 0 Å². The molecule has 0 aromatic heterocycles. The van der Waals surface area contributed by atoms with Gasteiger partial charge in [0.25, 0.3) is 0 Å². The number of carbonyl (C=O) groups excluding carboxylic acids is 3. The Morgan fingerprint density at radius 3 is 2.06 bits per heavy atom. The van der Waals surface area contributed by atoms with Crippen molar-refractivity contribution in [1.29, 1.82) is 0 Å². The minimum atomic E-state index is -0.176. The van der Waals surface area contributed by atoms with E-state index in [9.17, 15) is 14.4 Å². The Bertz CT molecular complexity index is 892. The number of carbonyl (C=O) groups is 3. The van der Waals surface area contributed by atoms with E-state index < -0.39 is 0 Å². The summed E-state index contributed by atoms with van der Waals surface area (Å²) in [6, 6.07) is 14.7. The van der Waals surface area contributed by atoms with Crippen LogP contribution in [0.4, 0.5) is 17.1 Å². The molecule has 0 saturated carbocycles. The van der Waals surface area contributed by atoms with Crippen molar-refractivity contribution in [2.75, 3.05) is 36.6 Å². The fraction of sp³-hybridized carbons (Fsp3) is 0.375. The molecule has 3 amide bonds. The van der Waals surface area contributed by atoms with E-state index in [0.717, 1.165) is 11.3 Å². The Morgan fingerprint density at radius 1 is 0.871 bits per heavy atom. The highest BCUT2D eigenvalue weighted by molar-refractivity contribution is 5.94. The van der Waals surface area contributed by atoms with Gasteiger partial charge in [-0.2, -0.15) is 0 Å². The van der Waals surface area contributed by atoms with Crippen LogP contribution in [0.5, 0.6) is 0 Å². The van der Waals surface area contributed by atoms with Crippen LogP contribution in [0.25, 0.3) is 0 Å². The van der Waals surface area contributed by atoms with Gasteiger partial charge >= 0.3 is 0 Å². The maximum Gasteiger partial charge on any atom is 0.243 e. The summed E-state index contributed by atoms with van der Waals surface area (Å²) in [6.07, 6.45) is 1.57. The predicted molar refractivity (Wildman–Crippen MR) is 125 cm³/mol. The molecule has 0 radical (unpaired) electrons. The topological polar surface area (TPSA) is 90.5 Å². The minimum Gasteiger partial charge on any atom is -0.376 e. The quantitative estimate of drug-likeness (QED) is 0.542. The minimum absolute atomic E-state index is 0.0238. The van der Waals surface area contributed by atoms with E-state index in [-0.39, 0.29) is 24.3 Å². The normalized spacial score (nSPS) is 10.5. The summed E-state index contributed by atoms with van der Waals surface area (Å²) in [5, 5.41) is 8.78. The van der Waals surface area contributed by atoms with Crippen molar-refractivity contribution < 1.29 is 14.4 Å². The number of rotatable bonds is 10. The van der Waals surface area contributed by atoms with Crippen molar-refractivity contribution in [3.8, 4) is 0 Å². The molecule has 0 spiro atoms. The zero-order chi connectivity index (χ0) is 22.8. The average molecular weight is 425 g/mol. The predicted octanol–water partition coefficient (Wildman–Crippen LogP) is 3.74. The molecule has 0 aliphatic rings. The number of anilines is 3. The van der Waals surface area contributed by atoms with E-state index in [2.05, 4.69) is 16.0 Å². The summed E-state index contributed by atoms with van der Waals surface area (Å²) in [7, 11) is 3.49. The van der Waals surface area contributed by atoms with Crippen molar-refractivity contribution in [3.05, 3.63) is 54.1 Å². The fourth-order valence-electron chi connectivity index (χ4n) is 2.92. The summed E-state index contributed by atoms with van der Waals surface area (Å²) in [6.45, 7) is 4.11. The molecular formula is C24H32N4O3. The van der Waals surface area contributed by atoms with E-state index >= 15 is 0 Å². The lowest BCUT2D eigenvalue weighted by atomic mass is 10.1. The molecule has 31 heavy (non-hydrogen) atoms. The van der Waals surface area contributed by atoms with E-state index in [0.29, 0.717) is 36.6 Å². The maximum atomic E-state index is 12.3. The first kappa shape index (κ1) is 23.9. The highest BCUT2D eigenvalue weighted by atomic mass is 16.2. The number of nitrogens with one attached hydrogen (secondary N) is 3. The molecular weight excluding hydrogens is 392 g/mol. The zero-order valence-corrected chi connectivity index (χ0v) is 18.7. The van der Waals surface area contributed by atoms with Gasteiger partial charge in [-0.15, -0.1) is 0 Å². The van der Waals surface area contributed by atoms with Gasteiger partial charge in [0.15, 0.2) is 0 Å². The number of benzene rings is 2. The van der Waals surface area contributed by atoms with E-state index in [1.165, 1.54) is 0 Å². The van der Waals surface area contributed by atoms with Gasteiger partial charge in [0.05, 0.1) is 6.54 Å². The van der Waals surface area contributed by atoms with Crippen molar-refractivity contribution in [3.63, 3.8) is 0 Å². The largest absolute Gasteiger partial charge is 0.376 e. The smallest absolute Gasteiger partial charge is 0.243 e. The third-order valence-electron chi connectivity index (χ3n) is 4.55. The molecule has 0 aliphatic carbocycles. The van der Waals surface area contributed by atoms with Gasteiger partial charge in [0, 0.05) is 44.0 Å². The van der Waals surface area contributed by atoms with Gasteiger partial charge in [-0.25, -0.2) is 0 Å². The molecule has 2 rings (SSSR count). The average Bonchev–Trinajstić information content (AvgIpc) is 2.71. The highest BCUT2D eigenvalue weighted by Crippen LogP contribution is 2.15. The van der Waals surface area contributed by atoms with E-state index in [4.69, 9.17) is 0 Å². The Kier molecular flexibility index (Phi) is 9.06. The number of amides is 3. The summed E-state index contributed by atoms with van der Waals surface area (Å²) >= 11 is 0. The molecule has 0 unspecified atom stereocenters. The van der Waals surface area contributed by atoms with E-state index in [1.807, 2.05) is 38.1 Å². The van der Waals surface area contributed by atoms with Crippen LogP contribution in [0, 0.1) is 5.92 Å². The van der Waals surface area contributed by atoms with Crippen LogP contribution in [0.15, 0.2) is 48.5 Å². The molecule has 2 aromatic rings. The van der Waals surface area contributed by atoms with Crippen LogP contribution in [0.1, 0.15) is 32.3 Å². The molecule has 0 heterocycles. The first-order chi connectivity index (χ1) is 14.7. The second kappa shape index (κ2) is 11.7. The van der Waals surface area contributed by atoms with Gasteiger partial charge in [-0.05, 0) is 54.3 Å². The van der Waals surface area contributed by atoms with Crippen LogP contribution >= 0.6 is 0 Å². The van der Waals surface area contributed by atoms with Gasteiger partial charge < -0.3 is 20.9 Å². The third kappa shape index (κ3) is 8.90. The number of nitrogens with zero attached hydrogens (tertiary/aromatic N) is 1. The Labute approximate surface area is 184 Å². The number of aryl methyl sites for hydroxylation is 1. The Balaban J connectivity index is 1.81. The summed E-state index contributed by atoms with van der Waals surface area (Å²) < 4.78 is 0. The zero-order valence-electron chi connectivity index (χ0n) is 18.7. The lowest BCUT2D eigenvalue weighted by molar-refractivity contribution is -0.128. The number of hydrogen-bond acceptors (Lipinski definition) is 4. The monoisotopic (exact) mass is 424 g/mol. The van der Waals surface area contributed by atoms with Crippen molar-refractivity contribution in [2.24, 2.45) is 5.92 Å². The molecule has 0 saturated heterocycles. The lowest BCUT2D eigenvalue weighted by Gasteiger charge is -2.12. The molecule has 0 aliphatic heterocycles. The molecule has 0 atom stereocenters. The van der Waals surface area contributed by atoms with Gasteiger partial charge in [0.2, 0.25) is 17.7 Å². The second-order valence-corrected chi connectivity index (χ2v) is 8.11. The SMILES string of the molecule is CC(C)CC(=O)Nc1ccc(NC(=O)CNc2cccc(CCC(=O)N(C)C)c2)cc1. The van der Waals surface area contributed by atoms with Crippen molar-refractivity contribution in [1.82, 2.24) is 4.90 Å². The van der Waals surface area contributed by atoms with E-state index in [1.54, 1.807) is 43.3 Å². The van der Waals surface area contributed by atoms with Crippen LogP contribution in [-0.4, -0.2) is 43.3 Å². The molecule has 7 heteroatoms.